The maximum atomic E-state index is 11.2. The molecule has 0 radical (unpaired) electrons. The molecule has 0 spiro atoms. The smallest absolute Gasteiger partial charge is 0.219 e. The van der Waals surface area contributed by atoms with Crippen LogP contribution in [0.1, 0.15) is 6.92 Å². The van der Waals surface area contributed by atoms with Crippen LogP contribution in [-0.4, -0.2) is 69.4 Å². The number of piperazine rings is 1. The molecule has 2 rings (SSSR count). The van der Waals surface area contributed by atoms with Gasteiger partial charge in [0.05, 0.1) is 24.5 Å². The van der Waals surface area contributed by atoms with E-state index in [-0.39, 0.29) is 5.91 Å². The average molecular weight is 267 g/mol. The molecule has 106 valence electrons. The van der Waals surface area contributed by atoms with E-state index < -0.39 is 6.10 Å². The van der Waals surface area contributed by atoms with E-state index in [2.05, 4.69) is 10.00 Å². The first kappa shape index (κ1) is 13.8. The summed E-state index contributed by atoms with van der Waals surface area (Å²) in [6.45, 7) is 5.69. The van der Waals surface area contributed by atoms with Crippen LogP contribution in [0.4, 0.5) is 5.69 Å². The normalized spacial score (nSPS) is 18.5. The highest BCUT2D eigenvalue weighted by Crippen LogP contribution is 2.05. The molecule has 7 heteroatoms. The van der Waals surface area contributed by atoms with Crippen LogP contribution >= 0.6 is 0 Å². The highest BCUT2D eigenvalue weighted by atomic mass is 16.3. The number of carbonyl (C=O) groups excluding carboxylic acids is 1. The number of amides is 1. The lowest BCUT2D eigenvalue weighted by Gasteiger charge is -2.35. The molecule has 1 saturated heterocycles. The molecule has 1 aliphatic rings. The van der Waals surface area contributed by atoms with Gasteiger partial charge in [0.25, 0.3) is 0 Å². The van der Waals surface area contributed by atoms with Crippen LogP contribution in [-0.2, 0) is 11.3 Å². The van der Waals surface area contributed by atoms with Gasteiger partial charge >= 0.3 is 0 Å². The lowest BCUT2D eigenvalue weighted by Crippen LogP contribution is -2.50. The van der Waals surface area contributed by atoms with Crippen molar-refractivity contribution >= 4 is 11.6 Å². The number of hydrogen-bond donors (Lipinski definition) is 2. The SMILES string of the molecule is CC(=O)N1CCN(CC(O)Cn2cc(N)cn2)CC1. The van der Waals surface area contributed by atoms with Crippen molar-refractivity contribution in [3.05, 3.63) is 12.4 Å². The Morgan fingerprint density at radius 3 is 2.63 bits per heavy atom. The van der Waals surface area contributed by atoms with Crippen LogP contribution in [0, 0.1) is 0 Å². The summed E-state index contributed by atoms with van der Waals surface area (Å²) >= 11 is 0. The summed E-state index contributed by atoms with van der Waals surface area (Å²) in [5.41, 5.74) is 6.17. The Kier molecular flexibility index (Phi) is 4.39. The van der Waals surface area contributed by atoms with Crippen molar-refractivity contribution in [1.29, 1.82) is 0 Å². The Balaban J connectivity index is 1.74. The molecule has 0 aromatic carbocycles. The van der Waals surface area contributed by atoms with Crippen molar-refractivity contribution in [2.75, 3.05) is 38.5 Å². The van der Waals surface area contributed by atoms with Gasteiger partial charge in [-0.3, -0.25) is 14.4 Å². The molecule has 1 aromatic rings. The molecule has 1 atom stereocenters. The van der Waals surface area contributed by atoms with Crippen LogP contribution < -0.4 is 5.73 Å². The summed E-state index contributed by atoms with van der Waals surface area (Å²) < 4.78 is 1.64. The van der Waals surface area contributed by atoms with Crippen molar-refractivity contribution in [2.45, 2.75) is 19.6 Å². The number of nitrogens with zero attached hydrogens (tertiary/aromatic N) is 4. The van der Waals surface area contributed by atoms with E-state index in [1.54, 1.807) is 24.0 Å². The standard InChI is InChI=1S/C12H21N5O2/c1-10(18)16-4-2-15(3-5-16)8-12(19)9-17-7-11(13)6-14-17/h6-7,12,19H,2-5,8-9,13H2,1H3. The zero-order valence-electron chi connectivity index (χ0n) is 11.2. The summed E-state index contributed by atoms with van der Waals surface area (Å²) in [5, 5.41) is 14.1. The van der Waals surface area contributed by atoms with Gasteiger partial charge in [-0.15, -0.1) is 0 Å². The Morgan fingerprint density at radius 1 is 1.42 bits per heavy atom. The first-order valence-electron chi connectivity index (χ1n) is 6.48. The molecule has 3 N–H and O–H groups in total. The molecule has 1 unspecified atom stereocenters. The van der Waals surface area contributed by atoms with Crippen LogP contribution in [0.3, 0.4) is 0 Å². The highest BCUT2D eigenvalue weighted by molar-refractivity contribution is 5.73. The molecular formula is C12H21N5O2. The number of aliphatic hydroxyl groups excluding tert-OH is 1. The largest absolute Gasteiger partial charge is 0.396 e. The van der Waals surface area contributed by atoms with Gasteiger partial charge in [-0.25, -0.2) is 0 Å². The number of aliphatic hydroxyl groups is 1. The molecule has 1 aliphatic heterocycles. The fraction of sp³-hybridized carbons (Fsp3) is 0.667. The number of anilines is 1. The Bertz CT molecular complexity index is 426. The predicted molar refractivity (Wildman–Crippen MR) is 71.3 cm³/mol. The minimum atomic E-state index is -0.483. The quantitative estimate of drug-likeness (QED) is 0.730. The molecule has 0 saturated carbocycles. The van der Waals surface area contributed by atoms with Crippen molar-refractivity contribution < 1.29 is 9.90 Å². The maximum absolute atomic E-state index is 11.2. The van der Waals surface area contributed by atoms with Gasteiger partial charge < -0.3 is 15.7 Å². The van der Waals surface area contributed by atoms with Gasteiger partial charge in [0.2, 0.25) is 5.91 Å². The van der Waals surface area contributed by atoms with Crippen molar-refractivity contribution in [1.82, 2.24) is 19.6 Å². The van der Waals surface area contributed by atoms with Gasteiger partial charge in [0.15, 0.2) is 0 Å². The van der Waals surface area contributed by atoms with E-state index in [1.165, 1.54) is 0 Å². The number of carbonyl (C=O) groups is 1. The van der Waals surface area contributed by atoms with Gasteiger partial charge in [-0.05, 0) is 0 Å². The molecule has 0 aliphatic carbocycles. The number of nitrogens with two attached hydrogens (primary N) is 1. The average Bonchev–Trinajstić information content (AvgIpc) is 2.75. The first-order chi connectivity index (χ1) is 9.04. The summed E-state index contributed by atoms with van der Waals surface area (Å²) in [7, 11) is 0. The summed E-state index contributed by atoms with van der Waals surface area (Å²) in [6.07, 6.45) is 2.79. The molecule has 7 nitrogen and oxygen atoms in total. The van der Waals surface area contributed by atoms with Crippen LogP contribution in [0.25, 0.3) is 0 Å². The maximum Gasteiger partial charge on any atom is 0.219 e. The second kappa shape index (κ2) is 6.03. The molecular weight excluding hydrogens is 246 g/mol. The fourth-order valence-electron chi connectivity index (χ4n) is 2.30. The number of aromatic nitrogens is 2. The minimum absolute atomic E-state index is 0.118. The predicted octanol–water partition coefficient (Wildman–Crippen LogP) is -1.01. The Morgan fingerprint density at radius 2 is 2.11 bits per heavy atom. The molecule has 19 heavy (non-hydrogen) atoms. The van der Waals surface area contributed by atoms with Gasteiger partial charge in [-0.2, -0.15) is 5.10 Å². The number of nitrogen functional groups attached to an aromatic ring is 1. The second-order valence-corrected chi connectivity index (χ2v) is 4.96. The van der Waals surface area contributed by atoms with E-state index in [9.17, 15) is 9.90 Å². The van der Waals surface area contributed by atoms with Crippen LogP contribution in [0.15, 0.2) is 12.4 Å². The summed E-state index contributed by atoms with van der Waals surface area (Å²) in [5.74, 6) is 0.118. The van der Waals surface area contributed by atoms with E-state index in [4.69, 9.17) is 5.73 Å². The lowest BCUT2D eigenvalue weighted by molar-refractivity contribution is -0.130. The molecule has 2 heterocycles. The second-order valence-electron chi connectivity index (χ2n) is 4.96. The number of β-amino-alcohol motifs (C(OH)–C–C–N with tert-alkyl or cyclic N) is 1. The monoisotopic (exact) mass is 267 g/mol. The number of rotatable bonds is 4. The molecule has 1 amide bonds. The molecule has 1 fully saturated rings. The van der Waals surface area contributed by atoms with Gasteiger partial charge in [0, 0.05) is 45.8 Å². The zero-order chi connectivity index (χ0) is 13.8. The minimum Gasteiger partial charge on any atom is -0.396 e. The fourth-order valence-corrected chi connectivity index (χ4v) is 2.30. The first-order valence-corrected chi connectivity index (χ1v) is 6.48. The van der Waals surface area contributed by atoms with Crippen LogP contribution in [0.5, 0.6) is 0 Å². The summed E-state index contributed by atoms with van der Waals surface area (Å²) in [4.78, 5) is 15.2. The van der Waals surface area contributed by atoms with E-state index in [0.29, 0.717) is 18.8 Å². The Hall–Kier alpha value is -1.60. The van der Waals surface area contributed by atoms with Crippen molar-refractivity contribution in [3.63, 3.8) is 0 Å². The molecule has 0 bridgehead atoms. The van der Waals surface area contributed by atoms with E-state index in [0.717, 1.165) is 26.2 Å². The van der Waals surface area contributed by atoms with Crippen molar-refractivity contribution in [3.8, 4) is 0 Å². The van der Waals surface area contributed by atoms with Gasteiger partial charge in [0.1, 0.15) is 0 Å². The van der Waals surface area contributed by atoms with Crippen LogP contribution in [0.2, 0.25) is 0 Å². The third-order valence-corrected chi connectivity index (χ3v) is 3.34. The van der Waals surface area contributed by atoms with Crippen molar-refractivity contribution in [2.24, 2.45) is 0 Å². The third kappa shape index (κ3) is 3.93. The van der Waals surface area contributed by atoms with Gasteiger partial charge in [-0.1, -0.05) is 0 Å². The highest BCUT2D eigenvalue weighted by Gasteiger charge is 2.20. The number of hydrogen-bond acceptors (Lipinski definition) is 5. The van der Waals surface area contributed by atoms with E-state index >= 15 is 0 Å². The summed E-state index contributed by atoms with van der Waals surface area (Å²) in [6, 6.07) is 0. The third-order valence-electron chi connectivity index (χ3n) is 3.34. The lowest BCUT2D eigenvalue weighted by atomic mass is 10.2. The molecule has 1 aromatic heterocycles. The Labute approximate surface area is 112 Å². The zero-order valence-corrected chi connectivity index (χ0v) is 11.2. The topological polar surface area (TPSA) is 87.6 Å². The van der Waals surface area contributed by atoms with E-state index in [1.807, 2.05) is 4.90 Å².